The summed E-state index contributed by atoms with van der Waals surface area (Å²) in [6.45, 7) is 2.61. The Bertz CT molecular complexity index is 602. The predicted octanol–water partition coefficient (Wildman–Crippen LogP) is 3.29. The Kier molecular flexibility index (Phi) is 5.85. The average Bonchev–Trinajstić information content (AvgIpc) is 2.91. The Hall–Kier alpha value is -2.05. The van der Waals surface area contributed by atoms with Crippen LogP contribution in [0.2, 0.25) is 0 Å². The largest absolute Gasteiger partial charge is 0.416 e. The number of halogens is 3. The van der Waals surface area contributed by atoms with Crippen molar-refractivity contribution in [2.75, 3.05) is 13.1 Å². The van der Waals surface area contributed by atoms with Gasteiger partial charge in [-0.2, -0.15) is 13.2 Å². The van der Waals surface area contributed by atoms with Gasteiger partial charge in [0.2, 0.25) is 11.8 Å². The number of hydrogen-bond acceptors (Lipinski definition) is 2. The highest BCUT2D eigenvalue weighted by atomic mass is 19.4. The van der Waals surface area contributed by atoms with Gasteiger partial charge in [0, 0.05) is 25.9 Å². The highest BCUT2D eigenvalue weighted by Gasteiger charge is 2.32. The lowest BCUT2D eigenvalue weighted by atomic mass is 10.0. The summed E-state index contributed by atoms with van der Waals surface area (Å²) in [6, 6.07) is 4.26. The van der Waals surface area contributed by atoms with Gasteiger partial charge in [-0.15, -0.1) is 0 Å². The highest BCUT2D eigenvalue weighted by molar-refractivity contribution is 5.79. The van der Waals surface area contributed by atoms with Crippen molar-refractivity contribution in [3.63, 3.8) is 0 Å². The highest BCUT2D eigenvalue weighted by Crippen LogP contribution is 2.31. The van der Waals surface area contributed by atoms with E-state index in [1.807, 2.05) is 6.92 Å². The Morgan fingerprint density at radius 2 is 2.12 bits per heavy atom. The van der Waals surface area contributed by atoms with E-state index in [-0.39, 0.29) is 18.4 Å². The number of nitrogens with one attached hydrogen (secondary N) is 1. The van der Waals surface area contributed by atoms with Gasteiger partial charge in [-0.25, -0.2) is 0 Å². The molecule has 0 radical (unpaired) electrons. The third-order valence-corrected chi connectivity index (χ3v) is 4.00. The van der Waals surface area contributed by atoms with E-state index in [0.717, 1.165) is 18.6 Å². The number of carbonyl (C=O) groups excluding carboxylic acids is 2. The molecule has 0 saturated carbocycles. The van der Waals surface area contributed by atoms with Crippen molar-refractivity contribution in [1.29, 1.82) is 0 Å². The summed E-state index contributed by atoms with van der Waals surface area (Å²) in [5.41, 5.74) is -0.406. The van der Waals surface area contributed by atoms with Crippen LogP contribution in [-0.2, 0) is 15.8 Å². The minimum atomic E-state index is -4.45. The molecule has 2 amide bonds. The number of alkyl halides is 3. The van der Waals surface area contributed by atoms with Crippen molar-refractivity contribution >= 4 is 11.8 Å². The summed E-state index contributed by atoms with van der Waals surface area (Å²) in [5, 5.41) is 2.76. The van der Waals surface area contributed by atoms with Gasteiger partial charge in [0.1, 0.15) is 0 Å². The second-order valence-electron chi connectivity index (χ2n) is 5.94. The third kappa shape index (κ3) is 4.72. The molecule has 1 aliphatic rings. The molecule has 132 valence electrons. The van der Waals surface area contributed by atoms with Crippen LogP contribution in [0, 0.1) is 0 Å². The molecule has 4 nitrogen and oxygen atoms in total. The van der Waals surface area contributed by atoms with Gasteiger partial charge in [0.05, 0.1) is 11.6 Å². The zero-order chi connectivity index (χ0) is 17.7. The van der Waals surface area contributed by atoms with Crippen LogP contribution in [0.5, 0.6) is 0 Å². The van der Waals surface area contributed by atoms with Crippen molar-refractivity contribution in [3.8, 4) is 0 Å². The van der Waals surface area contributed by atoms with Crippen LogP contribution < -0.4 is 5.32 Å². The Labute approximate surface area is 139 Å². The van der Waals surface area contributed by atoms with Gasteiger partial charge < -0.3 is 10.2 Å². The van der Waals surface area contributed by atoms with E-state index < -0.39 is 17.8 Å². The van der Waals surface area contributed by atoms with Crippen LogP contribution in [0.15, 0.2) is 24.3 Å². The first kappa shape index (κ1) is 18.3. The molecule has 0 bridgehead atoms. The van der Waals surface area contributed by atoms with E-state index in [9.17, 15) is 22.8 Å². The van der Waals surface area contributed by atoms with Crippen molar-refractivity contribution in [2.24, 2.45) is 0 Å². The topological polar surface area (TPSA) is 49.4 Å². The van der Waals surface area contributed by atoms with E-state index in [4.69, 9.17) is 0 Å². The fourth-order valence-electron chi connectivity index (χ4n) is 2.78. The number of carbonyl (C=O) groups is 2. The van der Waals surface area contributed by atoms with E-state index in [0.29, 0.717) is 31.4 Å². The molecule has 2 rings (SSSR count). The van der Waals surface area contributed by atoms with Gasteiger partial charge in [0.15, 0.2) is 0 Å². The number of likely N-dealkylation sites (tertiary alicyclic amines) is 1. The molecule has 1 saturated heterocycles. The van der Waals surface area contributed by atoms with Crippen LogP contribution in [0.25, 0.3) is 0 Å². The monoisotopic (exact) mass is 342 g/mol. The van der Waals surface area contributed by atoms with Crippen molar-refractivity contribution in [2.45, 2.75) is 44.8 Å². The first-order valence-corrected chi connectivity index (χ1v) is 8.05. The summed E-state index contributed by atoms with van der Waals surface area (Å²) < 4.78 is 38.8. The molecule has 1 aromatic carbocycles. The molecular formula is C17H21F3N2O2. The first-order chi connectivity index (χ1) is 11.3. The minimum Gasteiger partial charge on any atom is -0.348 e. The van der Waals surface area contributed by atoms with E-state index >= 15 is 0 Å². The lowest BCUT2D eigenvalue weighted by Crippen LogP contribution is -2.38. The molecule has 1 aliphatic heterocycles. The standard InChI is InChI=1S/C17H21F3N2O2/c1-2-5-15(23)21-14(11-22-9-4-8-16(22)24)12-6-3-7-13(10-12)17(18,19)20/h3,6-7,10,14H,2,4-5,8-9,11H2,1H3,(H,21,23)/t14-/m0/s1. The second-order valence-corrected chi connectivity index (χ2v) is 5.94. The molecule has 0 spiro atoms. The molecule has 0 aromatic heterocycles. The lowest BCUT2D eigenvalue weighted by molar-refractivity contribution is -0.137. The summed E-state index contributed by atoms with van der Waals surface area (Å²) in [4.78, 5) is 25.3. The van der Waals surface area contributed by atoms with Gasteiger partial charge in [-0.1, -0.05) is 19.1 Å². The Morgan fingerprint density at radius 3 is 2.71 bits per heavy atom. The van der Waals surface area contributed by atoms with E-state index in [2.05, 4.69) is 5.32 Å². The number of benzene rings is 1. The van der Waals surface area contributed by atoms with Crippen molar-refractivity contribution < 1.29 is 22.8 Å². The maximum absolute atomic E-state index is 12.9. The number of amides is 2. The lowest BCUT2D eigenvalue weighted by Gasteiger charge is -2.25. The van der Waals surface area contributed by atoms with Gasteiger partial charge in [-0.05, 0) is 30.5 Å². The van der Waals surface area contributed by atoms with Crippen LogP contribution in [0.4, 0.5) is 13.2 Å². The fraction of sp³-hybridized carbons (Fsp3) is 0.529. The Balaban J connectivity index is 2.24. The Morgan fingerprint density at radius 1 is 1.38 bits per heavy atom. The quantitative estimate of drug-likeness (QED) is 0.862. The second kappa shape index (κ2) is 7.68. The molecule has 0 unspecified atom stereocenters. The molecule has 24 heavy (non-hydrogen) atoms. The van der Waals surface area contributed by atoms with Crippen molar-refractivity contribution in [3.05, 3.63) is 35.4 Å². The van der Waals surface area contributed by atoms with Crippen LogP contribution >= 0.6 is 0 Å². The van der Waals surface area contributed by atoms with Crippen LogP contribution in [0.1, 0.15) is 49.8 Å². The number of hydrogen-bond donors (Lipinski definition) is 1. The number of nitrogens with zero attached hydrogens (tertiary/aromatic N) is 1. The molecule has 1 heterocycles. The summed E-state index contributed by atoms with van der Waals surface area (Å²) in [5.74, 6) is -0.261. The fourth-order valence-corrected chi connectivity index (χ4v) is 2.78. The predicted molar refractivity (Wildman–Crippen MR) is 83.0 cm³/mol. The van der Waals surface area contributed by atoms with Crippen molar-refractivity contribution in [1.82, 2.24) is 10.2 Å². The zero-order valence-corrected chi connectivity index (χ0v) is 13.5. The molecular weight excluding hydrogens is 321 g/mol. The summed E-state index contributed by atoms with van der Waals surface area (Å²) in [7, 11) is 0. The van der Waals surface area contributed by atoms with E-state index in [1.54, 1.807) is 11.0 Å². The third-order valence-electron chi connectivity index (χ3n) is 4.00. The SMILES string of the molecule is CCCC(=O)N[C@@H](CN1CCCC1=O)c1cccc(C(F)(F)F)c1. The average molecular weight is 342 g/mol. The maximum atomic E-state index is 12.9. The first-order valence-electron chi connectivity index (χ1n) is 8.05. The summed E-state index contributed by atoms with van der Waals surface area (Å²) in [6.07, 6.45) is -2.33. The smallest absolute Gasteiger partial charge is 0.348 e. The molecule has 1 N–H and O–H groups in total. The van der Waals surface area contributed by atoms with Gasteiger partial charge in [0.25, 0.3) is 0 Å². The number of rotatable bonds is 6. The molecule has 7 heteroatoms. The van der Waals surface area contributed by atoms with Gasteiger partial charge >= 0.3 is 6.18 Å². The normalized spacial score (nSPS) is 16.3. The van der Waals surface area contributed by atoms with Crippen LogP contribution in [0.3, 0.4) is 0 Å². The minimum absolute atomic E-state index is 0.0308. The van der Waals surface area contributed by atoms with Crippen LogP contribution in [-0.4, -0.2) is 29.8 Å². The molecule has 1 fully saturated rings. The summed E-state index contributed by atoms with van der Waals surface area (Å²) >= 11 is 0. The zero-order valence-electron chi connectivity index (χ0n) is 13.5. The molecule has 1 atom stereocenters. The van der Waals surface area contributed by atoms with Gasteiger partial charge in [-0.3, -0.25) is 9.59 Å². The molecule has 0 aliphatic carbocycles. The maximum Gasteiger partial charge on any atom is 0.416 e. The molecule has 1 aromatic rings. The van der Waals surface area contributed by atoms with E-state index in [1.165, 1.54) is 6.07 Å².